The molecular weight excluding hydrogens is 316 g/mol. The summed E-state index contributed by atoms with van der Waals surface area (Å²) in [7, 11) is -1.79. The van der Waals surface area contributed by atoms with Crippen LogP contribution in [0.5, 0.6) is 0 Å². The van der Waals surface area contributed by atoms with Crippen LogP contribution in [0, 0.1) is 6.92 Å². The summed E-state index contributed by atoms with van der Waals surface area (Å²) in [5.74, 6) is 1.47. The van der Waals surface area contributed by atoms with E-state index in [1.807, 2.05) is 0 Å². The normalized spacial score (nSPS) is 20.9. The summed E-state index contributed by atoms with van der Waals surface area (Å²) in [4.78, 5) is 13.8. The monoisotopic (exact) mass is 338 g/mol. The molecule has 1 N–H and O–H groups in total. The number of aryl methyl sites for hydroxylation is 2. The SMILES string of the molecule is CCN1CCN(S(=O)(=O)c2cn(C)c(C)n2)CC1c1ncc[nH]1. The molecule has 0 saturated carbocycles. The molecule has 2 aromatic rings. The zero-order valence-corrected chi connectivity index (χ0v) is 14.4. The van der Waals surface area contributed by atoms with E-state index < -0.39 is 10.0 Å². The molecule has 0 aromatic carbocycles. The summed E-state index contributed by atoms with van der Waals surface area (Å²) in [6.45, 7) is 6.22. The van der Waals surface area contributed by atoms with Crippen molar-refractivity contribution in [3.05, 3.63) is 30.2 Å². The molecule has 9 heteroatoms. The van der Waals surface area contributed by atoms with E-state index in [0.717, 1.165) is 12.4 Å². The van der Waals surface area contributed by atoms with Gasteiger partial charge < -0.3 is 9.55 Å². The first kappa shape index (κ1) is 16.2. The standard InChI is InChI=1S/C14H22N6O2S/c1-4-19-7-8-20(9-12(19)14-15-5-6-16-14)23(21,22)13-10-18(3)11(2)17-13/h5-6,10,12H,4,7-9H2,1-3H3,(H,15,16). The number of imidazole rings is 2. The fraction of sp³-hybridized carbons (Fsp3) is 0.571. The van der Waals surface area contributed by atoms with E-state index in [4.69, 9.17) is 0 Å². The predicted molar refractivity (Wildman–Crippen MR) is 85.3 cm³/mol. The molecule has 3 rings (SSSR count). The zero-order chi connectivity index (χ0) is 16.6. The van der Waals surface area contributed by atoms with Gasteiger partial charge in [0, 0.05) is 45.3 Å². The lowest BCUT2D eigenvalue weighted by molar-refractivity contribution is 0.119. The van der Waals surface area contributed by atoms with Crippen LogP contribution in [-0.4, -0.2) is 63.3 Å². The molecule has 1 atom stereocenters. The third kappa shape index (κ3) is 2.91. The van der Waals surface area contributed by atoms with E-state index in [0.29, 0.717) is 25.5 Å². The minimum Gasteiger partial charge on any atom is -0.347 e. The molecule has 1 aliphatic heterocycles. The Morgan fingerprint density at radius 2 is 2.17 bits per heavy atom. The van der Waals surface area contributed by atoms with Crippen molar-refractivity contribution in [3.8, 4) is 0 Å². The van der Waals surface area contributed by atoms with Gasteiger partial charge in [0.05, 0.1) is 6.04 Å². The average Bonchev–Trinajstić information content (AvgIpc) is 3.17. The van der Waals surface area contributed by atoms with E-state index in [1.54, 1.807) is 37.1 Å². The van der Waals surface area contributed by atoms with Gasteiger partial charge in [0.2, 0.25) is 0 Å². The van der Waals surface area contributed by atoms with Crippen molar-refractivity contribution in [1.82, 2.24) is 28.7 Å². The molecule has 2 aromatic heterocycles. The Morgan fingerprint density at radius 3 is 2.74 bits per heavy atom. The molecule has 23 heavy (non-hydrogen) atoms. The molecule has 1 aliphatic rings. The minimum atomic E-state index is -3.59. The molecule has 8 nitrogen and oxygen atoms in total. The van der Waals surface area contributed by atoms with Gasteiger partial charge in [0.25, 0.3) is 10.0 Å². The van der Waals surface area contributed by atoms with Crippen LogP contribution in [0.15, 0.2) is 23.6 Å². The Kier molecular flexibility index (Phi) is 4.26. The van der Waals surface area contributed by atoms with Crippen molar-refractivity contribution in [2.75, 3.05) is 26.2 Å². The third-order valence-electron chi connectivity index (χ3n) is 4.39. The fourth-order valence-electron chi connectivity index (χ4n) is 2.89. The lowest BCUT2D eigenvalue weighted by atomic mass is 10.2. The number of piperazine rings is 1. The predicted octanol–water partition coefficient (Wildman–Crippen LogP) is 0.519. The van der Waals surface area contributed by atoms with Gasteiger partial charge in [-0.25, -0.2) is 18.4 Å². The van der Waals surface area contributed by atoms with Crippen molar-refractivity contribution in [2.24, 2.45) is 7.05 Å². The largest absolute Gasteiger partial charge is 0.347 e. The van der Waals surface area contributed by atoms with Gasteiger partial charge >= 0.3 is 0 Å². The summed E-state index contributed by atoms with van der Waals surface area (Å²) in [5.41, 5.74) is 0. The zero-order valence-electron chi connectivity index (χ0n) is 13.6. The van der Waals surface area contributed by atoms with Crippen LogP contribution in [0.1, 0.15) is 24.6 Å². The van der Waals surface area contributed by atoms with E-state index in [1.165, 1.54) is 4.31 Å². The fourth-order valence-corrected chi connectivity index (χ4v) is 4.36. The van der Waals surface area contributed by atoms with Crippen molar-refractivity contribution in [3.63, 3.8) is 0 Å². The quantitative estimate of drug-likeness (QED) is 0.878. The summed E-state index contributed by atoms with van der Waals surface area (Å²) >= 11 is 0. The number of hydrogen-bond donors (Lipinski definition) is 1. The highest BCUT2D eigenvalue weighted by atomic mass is 32.2. The second-order valence-corrected chi connectivity index (χ2v) is 7.60. The number of likely N-dealkylation sites (N-methyl/N-ethyl adjacent to an activating group) is 1. The summed E-state index contributed by atoms with van der Waals surface area (Å²) < 4.78 is 29.0. The number of sulfonamides is 1. The highest BCUT2D eigenvalue weighted by Crippen LogP contribution is 2.26. The minimum absolute atomic E-state index is 0.0664. The number of rotatable bonds is 4. The first-order valence-corrected chi connectivity index (χ1v) is 9.11. The van der Waals surface area contributed by atoms with Gasteiger partial charge in [0.15, 0.2) is 5.03 Å². The summed E-state index contributed by atoms with van der Waals surface area (Å²) in [5, 5.41) is 0.112. The van der Waals surface area contributed by atoms with E-state index in [-0.39, 0.29) is 11.1 Å². The van der Waals surface area contributed by atoms with Crippen LogP contribution in [0.2, 0.25) is 0 Å². The third-order valence-corrected chi connectivity index (χ3v) is 6.12. The average molecular weight is 338 g/mol. The van der Waals surface area contributed by atoms with Crippen LogP contribution in [0.3, 0.4) is 0 Å². The Balaban J connectivity index is 1.88. The number of H-pyrrole nitrogens is 1. The molecule has 0 spiro atoms. The number of aromatic amines is 1. The number of nitrogens with one attached hydrogen (secondary N) is 1. The molecule has 1 fully saturated rings. The van der Waals surface area contributed by atoms with Gasteiger partial charge in [-0.05, 0) is 13.5 Å². The Bertz CT molecular complexity index is 748. The molecule has 1 unspecified atom stereocenters. The molecular formula is C14H22N6O2S. The van der Waals surface area contributed by atoms with Crippen LogP contribution in [0.25, 0.3) is 0 Å². The Hall–Kier alpha value is -1.71. The van der Waals surface area contributed by atoms with Gasteiger partial charge in [0.1, 0.15) is 11.6 Å². The van der Waals surface area contributed by atoms with Crippen molar-refractivity contribution in [2.45, 2.75) is 24.9 Å². The maximum atomic E-state index is 12.9. The van der Waals surface area contributed by atoms with E-state index >= 15 is 0 Å². The second-order valence-electron chi connectivity index (χ2n) is 5.72. The maximum Gasteiger partial charge on any atom is 0.262 e. The molecule has 0 amide bonds. The number of aromatic nitrogens is 4. The Morgan fingerprint density at radius 1 is 1.39 bits per heavy atom. The second kappa shape index (κ2) is 6.06. The van der Waals surface area contributed by atoms with Crippen molar-refractivity contribution in [1.29, 1.82) is 0 Å². The van der Waals surface area contributed by atoms with Crippen LogP contribution in [-0.2, 0) is 17.1 Å². The molecule has 0 aliphatic carbocycles. The first-order valence-electron chi connectivity index (χ1n) is 7.67. The molecule has 126 valence electrons. The van der Waals surface area contributed by atoms with Gasteiger partial charge in [-0.3, -0.25) is 4.90 Å². The lowest BCUT2D eigenvalue weighted by Crippen LogP contribution is -2.50. The van der Waals surface area contributed by atoms with Crippen LogP contribution < -0.4 is 0 Å². The highest BCUT2D eigenvalue weighted by molar-refractivity contribution is 7.89. The Labute approximate surface area is 136 Å². The van der Waals surface area contributed by atoms with E-state index in [2.05, 4.69) is 26.8 Å². The van der Waals surface area contributed by atoms with Crippen molar-refractivity contribution < 1.29 is 8.42 Å². The maximum absolute atomic E-state index is 12.9. The number of nitrogens with zero attached hydrogens (tertiary/aromatic N) is 5. The van der Waals surface area contributed by atoms with Crippen LogP contribution >= 0.6 is 0 Å². The van der Waals surface area contributed by atoms with Crippen molar-refractivity contribution >= 4 is 10.0 Å². The summed E-state index contributed by atoms with van der Waals surface area (Å²) in [6.07, 6.45) is 5.02. The number of hydrogen-bond acceptors (Lipinski definition) is 5. The lowest BCUT2D eigenvalue weighted by Gasteiger charge is -2.38. The highest BCUT2D eigenvalue weighted by Gasteiger charge is 2.36. The topological polar surface area (TPSA) is 87.1 Å². The van der Waals surface area contributed by atoms with Gasteiger partial charge in [-0.1, -0.05) is 6.92 Å². The van der Waals surface area contributed by atoms with Gasteiger partial charge in [-0.2, -0.15) is 4.31 Å². The van der Waals surface area contributed by atoms with Crippen LogP contribution in [0.4, 0.5) is 0 Å². The molecule has 3 heterocycles. The smallest absolute Gasteiger partial charge is 0.262 e. The van der Waals surface area contributed by atoms with Gasteiger partial charge in [-0.15, -0.1) is 0 Å². The summed E-state index contributed by atoms with van der Waals surface area (Å²) in [6, 6.07) is -0.0664. The molecule has 0 bridgehead atoms. The van der Waals surface area contributed by atoms with E-state index in [9.17, 15) is 8.42 Å². The molecule has 1 saturated heterocycles. The first-order chi connectivity index (χ1) is 10.9. The molecule has 0 radical (unpaired) electrons.